The molecule has 1 saturated heterocycles. The van der Waals surface area contributed by atoms with Crippen molar-refractivity contribution in [2.24, 2.45) is 10.9 Å². The highest BCUT2D eigenvalue weighted by molar-refractivity contribution is 14.0. The third-order valence-electron chi connectivity index (χ3n) is 4.41. The van der Waals surface area contributed by atoms with Crippen molar-refractivity contribution in [1.29, 1.82) is 0 Å². The molecular formula is C18H35IN6S. The molecule has 1 aromatic heterocycles. The first-order valence-electron chi connectivity index (χ1n) is 9.41. The minimum absolute atomic E-state index is 0. The van der Waals surface area contributed by atoms with Gasteiger partial charge in [0.15, 0.2) is 5.96 Å². The lowest BCUT2D eigenvalue weighted by Crippen LogP contribution is -2.46. The van der Waals surface area contributed by atoms with Gasteiger partial charge in [-0.1, -0.05) is 6.92 Å². The van der Waals surface area contributed by atoms with Gasteiger partial charge in [0, 0.05) is 64.2 Å². The highest BCUT2D eigenvalue weighted by Gasteiger charge is 2.15. The molecule has 2 rings (SSSR count). The number of aliphatic imine (C=N–C) groups is 1. The molecule has 1 fully saturated rings. The van der Waals surface area contributed by atoms with Crippen LogP contribution in [0.25, 0.3) is 0 Å². The number of nitrogens with one attached hydrogen (secondary N) is 2. The molecule has 0 aromatic carbocycles. The Morgan fingerprint density at radius 1 is 1.31 bits per heavy atom. The van der Waals surface area contributed by atoms with Crippen LogP contribution in [0.4, 0.5) is 0 Å². The van der Waals surface area contributed by atoms with E-state index in [2.05, 4.69) is 58.6 Å². The summed E-state index contributed by atoms with van der Waals surface area (Å²) in [5.41, 5.74) is 1.16. The fourth-order valence-corrected chi connectivity index (χ4v) is 3.60. The van der Waals surface area contributed by atoms with Gasteiger partial charge < -0.3 is 20.4 Å². The maximum Gasteiger partial charge on any atom is 0.191 e. The summed E-state index contributed by atoms with van der Waals surface area (Å²) in [7, 11) is 2.20. The molecule has 1 unspecified atom stereocenters. The fraction of sp³-hybridized carbons (Fsp3) is 0.778. The number of hydrogen-bond acceptors (Lipinski definition) is 5. The SMILES string of the molecule is CCNC(=NCC(C)CN1CCN(C)CC1)NCCc1csc(C)n1.I. The van der Waals surface area contributed by atoms with Gasteiger partial charge in [0.05, 0.1) is 10.7 Å². The van der Waals surface area contributed by atoms with Crippen molar-refractivity contribution in [3.63, 3.8) is 0 Å². The van der Waals surface area contributed by atoms with E-state index >= 15 is 0 Å². The summed E-state index contributed by atoms with van der Waals surface area (Å²) >= 11 is 1.71. The van der Waals surface area contributed by atoms with Gasteiger partial charge in [0.2, 0.25) is 0 Å². The fourth-order valence-electron chi connectivity index (χ4n) is 2.95. The summed E-state index contributed by atoms with van der Waals surface area (Å²) in [4.78, 5) is 14.2. The van der Waals surface area contributed by atoms with Crippen LogP contribution < -0.4 is 10.6 Å². The van der Waals surface area contributed by atoms with Gasteiger partial charge in [-0.3, -0.25) is 4.99 Å². The maximum atomic E-state index is 4.77. The van der Waals surface area contributed by atoms with Crippen LogP contribution >= 0.6 is 35.3 Å². The molecule has 6 nitrogen and oxygen atoms in total. The number of nitrogens with zero attached hydrogens (tertiary/aromatic N) is 4. The molecule has 1 aromatic rings. The molecular weight excluding hydrogens is 459 g/mol. The topological polar surface area (TPSA) is 55.8 Å². The first-order chi connectivity index (χ1) is 12.1. The van der Waals surface area contributed by atoms with Crippen molar-refractivity contribution < 1.29 is 0 Å². The zero-order chi connectivity index (χ0) is 18.1. The Balaban J connectivity index is 0.00000338. The van der Waals surface area contributed by atoms with E-state index in [1.54, 1.807) is 11.3 Å². The molecule has 0 radical (unpaired) electrons. The number of thiazole rings is 1. The lowest BCUT2D eigenvalue weighted by molar-refractivity contribution is 0.140. The molecule has 0 saturated carbocycles. The van der Waals surface area contributed by atoms with Crippen molar-refractivity contribution in [1.82, 2.24) is 25.4 Å². The monoisotopic (exact) mass is 494 g/mol. The third kappa shape index (κ3) is 8.96. The second-order valence-corrected chi connectivity index (χ2v) is 8.03. The molecule has 26 heavy (non-hydrogen) atoms. The number of hydrogen-bond donors (Lipinski definition) is 2. The molecule has 0 aliphatic carbocycles. The summed E-state index contributed by atoms with van der Waals surface area (Å²) in [6.45, 7) is 14.9. The smallest absolute Gasteiger partial charge is 0.191 e. The van der Waals surface area contributed by atoms with Crippen LogP contribution in [-0.4, -0.2) is 80.1 Å². The zero-order valence-electron chi connectivity index (χ0n) is 16.6. The van der Waals surface area contributed by atoms with Gasteiger partial charge in [0.25, 0.3) is 0 Å². The van der Waals surface area contributed by atoms with Crippen molar-refractivity contribution in [3.8, 4) is 0 Å². The molecule has 8 heteroatoms. The molecule has 2 N–H and O–H groups in total. The van der Waals surface area contributed by atoms with Crippen molar-refractivity contribution in [2.45, 2.75) is 27.2 Å². The Kier molecular flexibility index (Phi) is 11.7. The third-order valence-corrected chi connectivity index (χ3v) is 5.23. The van der Waals surface area contributed by atoms with Crippen LogP contribution in [0.15, 0.2) is 10.4 Å². The van der Waals surface area contributed by atoms with E-state index in [0.717, 1.165) is 49.3 Å². The Morgan fingerprint density at radius 2 is 2.04 bits per heavy atom. The maximum absolute atomic E-state index is 4.77. The average molecular weight is 494 g/mol. The average Bonchev–Trinajstić information content (AvgIpc) is 3.00. The number of guanidine groups is 1. The summed E-state index contributed by atoms with van der Waals surface area (Å²) < 4.78 is 0. The van der Waals surface area contributed by atoms with Gasteiger partial charge >= 0.3 is 0 Å². The van der Waals surface area contributed by atoms with Gasteiger partial charge in [-0.15, -0.1) is 35.3 Å². The standard InChI is InChI=1S/C18H34N6S.HI/c1-5-19-18(20-7-6-17-14-25-16(3)22-17)21-12-15(2)13-24-10-8-23(4)9-11-24;/h14-15H,5-13H2,1-4H3,(H2,19,20,21);1H. The van der Waals surface area contributed by atoms with Crippen LogP contribution in [0.5, 0.6) is 0 Å². The van der Waals surface area contributed by atoms with Gasteiger partial charge in [0.1, 0.15) is 0 Å². The zero-order valence-corrected chi connectivity index (χ0v) is 19.8. The lowest BCUT2D eigenvalue weighted by atomic mass is 10.1. The molecule has 0 spiro atoms. The normalized spacial score (nSPS) is 17.6. The number of piperazine rings is 1. The van der Waals surface area contributed by atoms with Crippen molar-refractivity contribution in [3.05, 3.63) is 16.1 Å². The second kappa shape index (κ2) is 12.9. The van der Waals surface area contributed by atoms with E-state index in [1.165, 1.54) is 26.2 Å². The summed E-state index contributed by atoms with van der Waals surface area (Å²) in [6.07, 6.45) is 0.936. The number of aromatic nitrogens is 1. The largest absolute Gasteiger partial charge is 0.357 e. The highest BCUT2D eigenvalue weighted by atomic mass is 127. The molecule has 1 atom stereocenters. The Bertz CT molecular complexity index is 528. The first-order valence-corrected chi connectivity index (χ1v) is 10.3. The van der Waals surface area contributed by atoms with Gasteiger partial charge in [-0.05, 0) is 26.8 Å². The Morgan fingerprint density at radius 3 is 2.65 bits per heavy atom. The number of rotatable bonds is 8. The molecule has 1 aliphatic heterocycles. The van der Waals surface area contributed by atoms with E-state index in [0.29, 0.717) is 5.92 Å². The minimum atomic E-state index is 0. The van der Waals surface area contributed by atoms with E-state index in [4.69, 9.17) is 4.99 Å². The molecule has 2 heterocycles. The van der Waals surface area contributed by atoms with Crippen molar-refractivity contribution >= 4 is 41.3 Å². The summed E-state index contributed by atoms with van der Waals surface area (Å²) in [5.74, 6) is 1.49. The highest BCUT2D eigenvalue weighted by Crippen LogP contribution is 2.08. The van der Waals surface area contributed by atoms with Crippen LogP contribution in [0, 0.1) is 12.8 Å². The Labute approximate surface area is 179 Å². The minimum Gasteiger partial charge on any atom is -0.357 e. The molecule has 0 amide bonds. The quantitative estimate of drug-likeness (QED) is 0.329. The Hall–Kier alpha value is -0.450. The first kappa shape index (κ1) is 23.6. The number of aryl methyl sites for hydroxylation is 1. The molecule has 0 bridgehead atoms. The summed E-state index contributed by atoms with van der Waals surface area (Å²) in [6, 6.07) is 0. The van der Waals surface area contributed by atoms with E-state index in [-0.39, 0.29) is 24.0 Å². The van der Waals surface area contributed by atoms with Crippen LogP contribution in [0.2, 0.25) is 0 Å². The molecule has 150 valence electrons. The summed E-state index contributed by atoms with van der Waals surface area (Å²) in [5, 5.41) is 10.0. The predicted octanol–water partition coefficient (Wildman–Crippen LogP) is 2.05. The van der Waals surface area contributed by atoms with E-state index in [9.17, 15) is 0 Å². The van der Waals surface area contributed by atoms with Gasteiger partial charge in [-0.25, -0.2) is 4.98 Å². The van der Waals surface area contributed by atoms with E-state index < -0.39 is 0 Å². The van der Waals surface area contributed by atoms with Crippen LogP contribution in [0.3, 0.4) is 0 Å². The second-order valence-electron chi connectivity index (χ2n) is 6.96. The lowest BCUT2D eigenvalue weighted by Gasteiger charge is -2.33. The predicted molar refractivity (Wildman–Crippen MR) is 123 cm³/mol. The van der Waals surface area contributed by atoms with Crippen LogP contribution in [0.1, 0.15) is 24.5 Å². The van der Waals surface area contributed by atoms with Crippen LogP contribution in [-0.2, 0) is 6.42 Å². The van der Waals surface area contributed by atoms with Gasteiger partial charge in [-0.2, -0.15) is 0 Å². The van der Waals surface area contributed by atoms with Crippen molar-refractivity contribution in [2.75, 3.05) is 59.4 Å². The number of halogens is 1. The molecule has 1 aliphatic rings. The van der Waals surface area contributed by atoms with E-state index in [1.807, 2.05) is 0 Å². The number of likely N-dealkylation sites (N-methyl/N-ethyl adjacent to an activating group) is 1.